The number of nitrogens with zero attached hydrogens (tertiary/aromatic N) is 3. The van der Waals surface area contributed by atoms with Crippen molar-refractivity contribution in [2.45, 2.75) is 51.9 Å². The summed E-state index contributed by atoms with van der Waals surface area (Å²) in [5, 5.41) is 3.94. The van der Waals surface area contributed by atoms with Crippen molar-refractivity contribution in [2.24, 2.45) is 11.7 Å². The number of aromatic nitrogens is 2. The number of rotatable bonds is 4. The molecule has 0 spiro atoms. The van der Waals surface area contributed by atoms with Crippen LogP contribution in [0.3, 0.4) is 0 Å². The van der Waals surface area contributed by atoms with Crippen molar-refractivity contribution in [3.8, 4) is 0 Å². The third-order valence-corrected chi connectivity index (χ3v) is 3.87. The van der Waals surface area contributed by atoms with Gasteiger partial charge in [-0.2, -0.15) is 4.98 Å². The molecule has 0 bridgehead atoms. The van der Waals surface area contributed by atoms with Crippen molar-refractivity contribution in [3.05, 3.63) is 11.7 Å². The number of amides is 2. The molecule has 2 rings (SSSR count). The fourth-order valence-electron chi connectivity index (χ4n) is 2.47. The lowest BCUT2D eigenvalue weighted by atomic mass is 9.96. The Morgan fingerprint density at radius 3 is 2.73 bits per heavy atom. The second-order valence-electron chi connectivity index (χ2n) is 6.84. The highest BCUT2D eigenvalue weighted by atomic mass is 16.5. The number of carbonyl (C=O) groups is 2. The largest absolute Gasteiger partial charge is 0.369 e. The van der Waals surface area contributed by atoms with Gasteiger partial charge in [0.15, 0.2) is 5.82 Å². The molecule has 0 radical (unpaired) electrons. The molecule has 0 saturated carbocycles. The average molecular weight is 308 g/mol. The summed E-state index contributed by atoms with van der Waals surface area (Å²) >= 11 is 0. The third kappa shape index (κ3) is 4.05. The smallest absolute Gasteiger partial charge is 0.227 e. The zero-order chi connectivity index (χ0) is 16.3. The number of carbonyl (C=O) groups excluding carboxylic acids is 2. The monoisotopic (exact) mass is 308 g/mol. The summed E-state index contributed by atoms with van der Waals surface area (Å²) in [7, 11) is 0. The lowest BCUT2D eigenvalue weighted by Gasteiger charge is -2.31. The lowest BCUT2D eigenvalue weighted by Crippen LogP contribution is -2.44. The Bertz CT molecular complexity index is 547. The van der Waals surface area contributed by atoms with E-state index in [1.165, 1.54) is 0 Å². The molecule has 122 valence electrons. The molecular formula is C15H24N4O3. The van der Waals surface area contributed by atoms with Crippen molar-refractivity contribution < 1.29 is 14.1 Å². The molecule has 2 heterocycles. The molecule has 0 aromatic carbocycles. The van der Waals surface area contributed by atoms with Gasteiger partial charge in [0.05, 0.1) is 5.92 Å². The molecule has 1 atom stereocenters. The SMILES string of the molecule is CC(C)(C)c1noc(CCC(=O)N2CCC[C@H](C(N)=O)C2)n1. The maximum absolute atomic E-state index is 12.2. The van der Waals surface area contributed by atoms with Crippen molar-refractivity contribution in [1.82, 2.24) is 15.0 Å². The van der Waals surface area contributed by atoms with Crippen LogP contribution in [0.1, 0.15) is 51.7 Å². The molecule has 2 N–H and O–H groups in total. The first kappa shape index (κ1) is 16.5. The van der Waals surface area contributed by atoms with Crippen LogP contribution in [0.15, 0.2) is 4.52 Å². The summed E-state index contributed by atoms with van der Waals surface area (Å²) in [6.07, 6.45) is 2.29. The standard InChI is InChI=1S/C15H24N4O3/c1-15(2,3)14-17-11(22-18-14)6-7-12(20)19-8-4-5-10(9-19)13(16)21/h10H,4-9H2,1-3H3,(H2,16,21)/t10-/m0/s1. The topological polar surface area (TPSA) is 102 Å². The maximum atomic E-state index is 12.2. The number of hydrogen-bond acceptors (Lipinski definition) is 5. The number of likely N-dealkylation sites (tertiary alicyclic amines) is 1. The highest BCUT2D eigenvalue weighted by Gasteiger charge is 2.27. The van der Waals surface area contributed by atoms with Crippen molar-refractivity contribution in [1.29, 1.82) is 0 Å². The number of nitrogens with two attached hydrogens (primary N) is 1. The molecule has 22 heavy (non-hydrogen) atoms. The van der Waals surface area contributed by atoms with E-state index in [-0.39, 0.29) is 23.1 Å². The fourth-order valence-corrected chi connectivity index (χ4v) is 2.47. The molecule has 1 fully saturated rings. The number of primary amides is 1. The van der Waals surface area contributed by atoms with Gasteiger partial charge in [0.25, 0.3) is 0 Å². The first-order valence-electron chi connectivity index (χ1n) is 7.67. The minimum Gasteiger partial charge on any atom is -0.369 e. The van der Waals surface area contributed by atoms with Gasteiger partial charge in [-0.3, -0.25) is 9.59 Å². The summed E-state index contributed by atoms with van der Waals surface area (Å²) in [5.74, 6) is 0.558. The molecule has 1 saturated heterocycles. The van der Waals surface area contributed by atoms with E-state index in [2.05, 4.69) is 10.1 Å². The van der Waals surface area contributed by atoms with E-state index in [9.17, 15) is 9.59 Å². The molecule has 0 aliphatic carbocycles. The Balaban J connectivity index is 1.87. The minimum atomic E-state index is -0.329. The zero-order valence-corrected chi connectivity index (χ0v) is 13.5. The average Bonchev–Trinajstić information content (AvgIpc) is 2.94. The van der Waals surface area contributed by atoms with E-state index in [0.29, 0.717) is 37.6 Å². The molecule has 7 nitrogen and oxygen atoms in total. The van der Waals surface area contributed by atoms with Crippen LogP contribution in [0, 0.1) is 5.92 Å². The van der Waals surface area contributed by atoms with Gasteiger partial charge in [0, 0.05) is 31.3 Å². The van der Waals surface area contributed by atoms with E-state index in [1.807, 2.05) is 20.8 Å². The van der Waals surface area contributed by atoms with Crippen LogP contribution in [0.5, 0.6) is 0 Å². The lowest BCUT2D eigenvalue weighted by molar-refractivity contribution is -0.135. The maximum Gasteiger partial charge on any atom is 0.227 e. The molecule has 0 unspecified atom stereocenters. The molecule has 2 amide bonds. The van der Waals surface area contributed by atoms with Crippen molar-refractivity contribution in [2.75, 3.05) is 13.1 Å². The predicted molar refractivity (Wildman–Crippen MR) is 79.8 cm³/mol. The van der Waals surface area contributed by atoms with Crippen LogP contribution < -0.4 is 5.73 Å². The Kier molecular flexibility index (Phi) is 4.83. The van der Waals surface area contributed by atoms with Gasteiger partial charge in [-0.15, -0.1) is 0 Å². The highest BCUT2D eigenvalue weighted by Crippen LogP contribution is 2.20. The normalized spacial score (nSPS) is 19.2. The number of aryl methyl sites for hydroxylation is 1. The highest BCUT2D eigenvalue weighted by molar-refractivity contribution is 5.80. The first-order valence-corrected chi connectivity index (χ1v) is 7.67. The molecule has 1 aliphatic rings. The van der Waals surface area contributed by atoms with Gasteiger partial charge in [-0.05, 0) is 12.8 Å². The Morgan fingerprint density at radius 2 is 2.14 bits per heavy atom. The minimum absolute atomic E-state index is 0.00135. The van der Waals surface area contributed by atoms with Crippen molar-refractivity contribution >= 4 is 11.8 Å². The summed E-state index contributed by atoms with van der Waals surface area (Å²) in [4.78, 5) is 29.5. The summed E-state index contributed by atoms with van der Waals surface area (Å²) in [6, 6.07) is 0. The van der Waals surface area contributed by atoms with Crippen LogP contribution in [-0.2, 0) is 21.4 Å². The molecule has 1 aromatic heterocycles. The van der Waals surface area contributed by atoms with Gasteiger partial charge in [-0.1, -0.05) is 25.9 Å². The quantitative estimate of drug-likeness (QED) is 0.894. The van der Waals surface area contributed by atoms with Crippen LogP contribution in [0.4, 0.5) is 0 Å². The first-order chi connectivity index (χ1) is 10.3. The third-order valence-electron chi connectivity index (χ3n) is 3.87. The summed E-state index contributed by atoms with van der Waals surface area (Å²) < 4.78 is 5.18. The van der Waals surface area contributed by atoms with Gasteiger partial charge >= 0.3 is 0 Å². The number of piperidine rings is 1. The molecule has 1 aromatic rings. The molecule has 1 aliphatic heterocycles. The van der Waals surface area contributed by atoms with Gasteiger partial charge in [0.1, 0.15) is 0 Å². The van der Waals surface area contributed by atoms with Gasteiger partial charge in [-0.25, -0.2) is 0 Å². The van der Waals surface area contributed by atoms with E-state index < -0.39 is 0 Å². The predicted octanol–water partition coefficient (Wildman–Crippen LogP) is 1.02. The molecular weight excluding hydrogens is 284 g/mol. The summed E-state index contributed by atoms with van der Waals surface area (Å²) in [5.41, 5.74) is 5.15. The second-order valence-corrected chi connectivity index (χ2v) is 6.84. The Hall–Kier alpha value is -1.92. The Morgan fingerprint density at radius 1 is 1.41 bits per heavy atom. The van der Waals surface area contributed by atoms with Gasteiger partial charge < -0.3 is 15.2 Å². The molecule has 7 heteroatoms. The fraction of sp³-hybridized carbons (Fsp3) is 0.733. The van der Waals surface area contributed by atoms with Crippen LogP contribution in [0.2, 0.25) is 0 Å². The Labute approximate surface area is 130 Å². The summed E-state index contributed by atoms with van der Waals surface area (Å²) in [6.45, 7) is 7.12. The van der Waals surface area contributed by atoms with Crippen LogP contribution >= 0.6 is 0 Å². The van der Waals surface area contributed by atoms with Crippen molar-refractivity contribution in [3.63, 3.8) is 0 Å². The van der Waals surface area contributed by atoms with E-state index in [4.69, 9.17) is 10.3 Å². The van der Waals surface area contributed by atoms with Gasteiger partial charge in [0.2, 0.25) is 17.7 Å². The second kappa shape index (κ2) is 6.46. The van der Waals surface area contributed by atoms with Crippen LogP contribution in [-0.4, -0.2) is 39.9 Å². The zero-order valence-electron chi connectivity index (χ0n) is 13.5. The van der Waals surface area contributed by atoms with E-state index in [1.54, 1.807) is 4.90 Å². The van der Waals surface area contributed by atoms with E-state index >= 15 is 0 Å². The van der Waals surface area contributed by atoms with E-state index in [0.717, 1.165) is 12.8 Å². The van der Waals surface area contributed by atoms with Crippen LogP contribution in [0.25, 0.3) is 0 Å². The number of hydrogen-bond donors (Lipinski definition) is 1.